The van der Waals surface area contributed by atoms with Gasteiger partial charge < -0.3 is 9.80 Å². The highest BCUT2D eigenvalue weighted by Gasteiger charge is 2.26. The van der Waals surface area contributed by atoms with Crippen LogP contribution in [0.3, 0.4) is 0 Å². The van der Waals surface area contributed by atoms with Crippen LogP contribution in [0.15, 0.2) is 22.7 Å². The van der Waals surface area contributed by atoms with E-state index in [2.05, 4.69) is 34.9 Å². The van der Waals surface area contributed by atoms with Gasteiger partial charge in [-0.05, 0) is 45.1 Å². The molecule has 19 heavy (non-hydrogen) atoms. The van der Waals surface area contributed by atoms with Gasteiger partial charge in [0.15, 0.2) is 0 Å². The van der Waals surface area contributed by atoms with Crippen LogP contribution >= 0.6 is 27.5 Å². The van der Waals surface area contributed by atoms with Crippen molar-refractivity contribution < 1.29 is 4.79 Å². The van der Waals surface area contributed by atoms with Gasteiger partial charge in [-0.3, -0.25) is 4.79 Å². The van der Waals surface area contributed by atoms with Crippen LogP contribution in [-0.2, 0) is 0 Å². The second-order valence-corrected chi connectivity index (χ2v) is 6.46. The Labute approximate surface area is 127 Å². The summed E-state index contributed by atoms with van der Waals surface area (Å²) in [4.78, 5) is 16.6. The van der Waals surface area contributed by atoms with E-state index in [4.69, 9.17) is 11.6 Å². The summed E-state index contributed by atoms with van der Waals surface area (Å²) in [6.45, 7) is 1.58. The summed E-state index contributed by atoms with van der Waals surface area (Å²) in [7, 11) is 4.12. The minimum absolute atomic E-state index is 0.0258. The molecule has 1 fully saturated rings. The number of rotatable bonds is 2. The Bertz CT molecular complexity index is 479. The summed E-state index contributed by atoms with van der Waals surface area (Å²) in [5.74, 6) is 0.0258. The lowest BCUT2D eigenvalue weighted by Gasteiger charge is -2.36. The highest BCUT2D eigenvalue weighted by atomic mass is 79.9. The fraction of sp³-hybridized carbons (Fsp3) is 0.500. The van der Waals surface area contributed by atoms with Gasteiger partial charge in [-0.1, -0.05) is 27.5 Å². The summed E-state index contributed by atoms with van der Waals surface area (Å²) in [5.41, 5.74) is 0.579. The predicted octanol–water partition coefficient (Wildman–Crippen LogP) is 3.27. The normalized spacial score (nSPS) is 19.8. The molecular weight excluding hydrogens is 328 g/mol. The molecule has 0 aromatic heterocycles. The average Bonchev–Trinajstić information content (AvgIpc) is 2.41. The molecule has 1 amide bonds. The first kappa shape index (κ1) is 14.8. The molecule has 1 unspecified atom stereocenters. The third kappa shape index (κ3) is 3.50. The number of piperidine rings is 1. The lowest BCUT2D eigenvalue weighted by atomic mass is 10.0. The number of carbonyl (C=O) groups excluding carboxylic acids is 1. The molecule has 1 aliphatic heterocycles. The monoisotopic (exact) mass is 344 g/mol. The number of hydrogen-bond donors (Lipinski definition) is 0. The molecule has 0 radical (unpaired) electrons. The summed E-state index contributed by atoms with van der Waals surface area (Å²) < 4.78 is 0.876. The molecule has 0 aliphatic carbocycles. The highest BCUT2D eigenvalue weighted by molar-refractivity contribution is 9.10. The zero-order valence-corrected chi connectivity index (χ0v) is 13.5. The summed E-state index contributed by atoms with van der Waals surface area (Å²) >= 11 is 9.52. The standard InChI is InChI=1S/C14H18BrClN2O/c1-17(2)11-4-3-7-18(9-11)14(19)12-8-10(15)5-6-13(12)16/h5-6,8,11H,3-4,7,9H2,1-2H3. The summed E-state index contributed by atoms with van der Waals surface area (Å²) in [5, 5.41) is 0.514. The zero-order chi connectivity index (χ0) is 14.0. The second kappa shape index (κ2) is 6.25. The van der Waals surface area contributed by atoms with E-state index in [0.29, 0.717) is 16.6 Å². The Morgan fingerprint density at radius 3 is 2.89 bits per heavy atom. The average molecular weight is 346 g/mol. The molecule has 1 saturated heterocycles. The van der Waals surface area contributed by atoms with Crippen molar-refractivity contribution in [1.82, 2.24) is 9.80 Å². The van der Waals surface area contributed by atoms with Gasteiger partial charge in [0, 0.05) is 23.6 Å². The Morgan fingerprint density at radius 2 is 2.21 bits per heavy atom. The van der Waals surface area contributed by atoms with Gasteiger partial charge in [-0.15, -0.1) is 0 Å². The molecule has 2 rings (SSSR count). The largest absolute Gasteiger partial charge is 0.337 e. The summed E-state index contributed by atoms with van der Waals surface area (Å²) in [6.07, 6.45) is 2.18. The number of carbonyl (C=O) groups is 1. The topological polar surface area (TPSA) is 23.6 Å². The van der Waals surface area contributed by atoms with Crippen molar-refractivity contribution in [3.8, 4) is 0 Å². The molecule has 0 saturated carbocycles. The lowest BCUT2D eigenvalue weighted by Crippen LogP contribution is -2.47. The van der Waals surface area contributed by atoms with Crippen LogP contribution in [0, 0.1) is 0 Å². The first-order chi connectivity index (χ1) is 8.99. The highest BCUT2D eigenvalue weighted by Crippen LogP contribution is 2.24. The first-order valence-electron chi connectivity index (χ1n) is 6.40. The Balaban J connectivity index is 2.17. The predicted molar refractivity (Wildman–Crippen MR) is 81.8 cm³/mol. The summed E-state index contributed by atoms with van der Waals surface area (Å²) in [6, 6.07) is 5.83. The fourth-order valence-electron chi connectivity index (χ4n) is 2.39. The SMILES string of the molecule is CN(C)C1CCCN(C(=O)c2cc(Br)ccc2Cl)C1. The van der Waals surface area contributed by atoms with Gasteiger partial charge in [0.1, 0.15) is 0 Å². The maximum absolute atomic E-state index is 12.5. The van der Waals surface area contributed by atoms with Gasteiger partial charge in [0.25, 0.3) is 5.91 Å². The Morgan fingerprint density at radius 1 is 1.47 bits per heavy atom. The van der Waals surface area contributed by atoms with Crippen molar-refractivity contribution in [3.63, 3.8) is 0 Å². The van der Waals surface area contributed by atoms with Crippen LogP contribution in [0.2, 0.25) is 5.02 Å². The Kier molecular flexibility index (Phi) is 4.87. The number of likely N-dealkylation sites (tertiary alicyclic amines) is 1. The van der Waals surface area contributed by atoms with Crippen molar-refractivity contribution in [2.45, 2.75) is 18.9 Å². The first-order valence-corrected chi connectivity index (χ1v) is 7.57. The van der Waals surface area contributed by atoms with Crippen LogP contribution in [0.25, 0.3) is 0 Å². The van der Waals surface area contributed by atoms with Crippen LogP contribution in [0.1, 0.15) is 23.2 Å². The number of benzene rings is 1. The zero-order valence-electron chi connectivity index (χ0n) is 11.2. The van der Waals surface area contributed by atoms with Gasteiger partial charge in [-0.25, -0.2) is 0 Å². The molecule has 0 spiro atoms. The lowest BCUT2D eigenvalue weighted by molar-refractivity contribution is 0.0635. The van der Waals surface area contributed by atoms with E-state index in [0.717, 1.165) is 30.4 Å². The van der Waals surface area contributed by atoms with Crippen molar-refractivity contribution in [3.05, 3.63) is 33.3 Å². The van der Waals surface area contributed by atoms with E-state index in [9.17, 15) is 4.79 Å². The van der Waals surface area contributed by atoms with Crippen molar-refractivity contribution in [2.75, 3.05) is 27.2 Å². The number of hydrogen-bond acceptors (Lipinski definition) is 2. The van der Waals surface area contributed by atoms with E-state index < -0.39 is 0 Å². The molecule has 1 aromatic rings. The van der Waals surface area contributed by atoms with Crippen molar-refractivity contribution >= 4 is 33.4 Å². The Hall–Kier alpha value is -0.580. The minimum Gasteiger partial charge on any atom is -0.337 e. The minimum atomic E-state index is 0.0258. The second-order valence-electron chi connectivity index (χ2n) is 5.13. The molecule has 3 nitrogen and oxygen atoms in total. The van der Waals surface area contributed by atoms with E-state index in [-0.39, 0.29) is 5.91 Å². The van der Waals surface area contributed by atoms with Crippen LogP contribution in [-0.4, -0.2) is 48.9 Å². The number of amides is 1. The third-order valence-electron chi connectivity index (χ3n) is 3.57. The van der Waals surface area contributed by atoms with Crippen LogP contribution < -0.4 is 0 Å². The molecule has 0 N–H and O–H groups in total. The molecule has 5 heteroatoms. The molecule has 0 bridgehead atoms. The molecule has 1 heterocycles. The van der Waals surface area contributed by atoms with Crippen molar-refractivity contribution in [1.29, 1.82) is 0 Å². The maximum atomic E-state index is 12.5. The van der Waals surface area contributed by atoms with E-state index in [1.54, 1.807) is 12.1 Å². The molecule has 1 atom stereocenters. The van der Waals surface area contributed by atoms with Gasteiger partial charge >= 0.3 is 0 Å². The third-order valence-corrected chi connectivity index (χ3v) is 4.40. The van der Waals surface area contributed by atoms with E-state index in [1.807, 2.05) is 11.0 Å². The van der Waals surface area contributed by atoms with Gasteiger partial charge in [0.2, 0.25) is 0 Å². The van der Waals surface area contributed by atoms with Crippen LogP contribution in [0.5, 0.6) is 0 Å². The van der Waals surface area contributed by atoms with Gasteiger partial charge in [0.05, 0.1) is 10.6 Å². The smallest absolute Gasteiger partial charge is 0.255 e. The van der Waals surface area contributed by atoms with Crippen LogP contribution in [0.4, 0.5) is 0 Å². The van der Waals surface area contributed by atoms with E-state index in [1.165, 1.54) is 0 Å². The number of nitrogens with zero attached hydrogens (tertiary/aromatic N) is 2. The molecule has 1 aliphatic rings. The van der Waals surface area contributed by atoms with E-state index >= 15 is 0 Å². The number of likely N-dealkylation sites (N-methyl/N-ethyl adjacent to an activating group) is 1. The maximum Gasteiger partial charge on any atom is 0.255 e. The number of halogens is 2. The molecule has 1 aromatic carbocycles. The molecule has 104 valence electrons. The van der Waals surface area contributed by atoms with Gasteiger partial charge in [-0.2, -0.15) is 0 Å². The van der Waals surface area contributed by atoms with Crippen molar-refractivity contribution in [2.24, 2.45) is 0 Å². The fourth-order valence-corrected chi connectivity index (χ4v) is 2.95. The quantitative estimate of drug-likeness (QED) is 0.821. The molecular formula is C14H18BrClN2O.